The van der Waals surface area contributed by atoms with Gasteiger partial charge in [0.25, 0.3) is 0 Å². The van der Waals surface area contributed by atoms with E-state index < -0.39 is 5.97 Å². The van der Waals surface area contributed by atoms with Crippen LogP contribution in [0.1, 0.15) is 40.0 Å². The summed E-state index contributed by atoms with van der Waals surface area (Å²) >= 11 is 0. The Bertz CT molecular complexity index is 154. The van der Waals surface area contributed by atoms with Gasteiger partial charge in [-0.1, -0.05) is 20.8 Å². The first-order chi connectivity index (χ1) is 5.93. The van der Waals surface area contributed by atoms with Gasteiger partial charge in [0.05, 0.1) is 6.10 Å². The Morgan fingerprint density at radius 1 is 1.23 bits per heavy atom. The van der Waals surface area contributed by atoms with E-state index in [1.54, 1.807) is 0 Å². The first-order valence-electron chi connectivity index (χ1n) is 4.83. The second-order valence-corrected chi connectivity index (χ2v) is 4.09. The largest absolute Gasteiger partial charge is 0.481 e. The Morgan fingerprint density at radius 3 is 2.15 bits per heavy atom. The van der Waals surface area contributed by atoms with Crippen molar-refractivity contribution < 1.29 is 15.0 Å². The van der Waals surface area contributed by atoms with Gasteiger partial charge < -0.3 is 10.2 Å². The lowest BCUT2D eigenvalue weighted by molar-refractivity contribution is -0.138. The molecule has 0 saturated carbocycles. The van der Waals surface area contributed by atoms with Gasteiger partial charge in [-0.2, -0.15) is 0 Å². The highest BCUT2D eigenvalue weighted by molar-refractivity contribution is 5.66. The molecule has 0 aromatic heterocycles. The Balaban J connectivity index is 3.57. The van der Waals surface area contributed by atoms with Crippen molar-refractivity contribution >= 4 is 5.97 Å². The van der Waals surface area contributed by atoms with Gasteiger partial charge in [0.15, 0.2) is 0 Å². The smallest absolute Gasteiger partial charge is 0.303 e. The summed E-state index contributed by atoms with van der Waals surface area (Å²) in [6, 6.07) is 0. The Hall–Kier alpha value is -0.570. The monoisotopic (exact) mass is 188 g/mol. The van der Waals surface area contributed by atoms with Gasteiger partial charge in [0, 0.05) is 6.42 Å². The third-order valence-electron chi connectivity index (χ3n) is 2.25. The molecule has 0 saturated heterocycles. The lowest BCUT2D eigenvalue weighted by atomic mass is 9.95. The molecule has 2 atom stereocenters. The predicted molar refractivity (Wildman–Crippen MR) is 51.5 cm³/mol. The maximum Gasteiger partial charge on any atom is 0.303 e. The maximum atomic E-state index is 10.3. The van der Waals surface area contributed by atoms with Crippen LogP contribution in [0, 0.1) is 11.8 Å². The molecule has 0 radical (unpaired) electrons. The van der Waals surface area contributed by atoms with Crippen molar-refractivity contribution in [3.8, 4) is 0 Å². The highest BCUT2D eigenvalue weighted by Crippen LogP contribution is 2.15. The highest BCUT2D eigenvalue weighted by Gasteiger charge is 2.13. The summed E-state index contributed by atoms with van der Waals surface area (Å²) in [5.74, 6) is -0.338. The van der Waals surface area contributed by atoms with Crippen LogP contribution in [-0.2, 0) is 4.79 Å². The van der Waals surface area contributed by atoms with Crippen molar-refractivity contribution in [2.45, 2.75) is 46.1 Å². The molecule has 0 aliphatic carbocycles. The van der Waals surface area contributed by atoms with Gasteiger partial charge in [0.1, 0.15) is 0 Å². The van der Waals surface area contributed by atoms with E-state index in [0.29, 0.717) is 6.42 Å². The summed E-state index contributed by atoms with van der Waals surface area (Å²) in [5.41, 5.74) is 0. The number of carboxylic acid groups (broad SMARTS) is 1. The molecule has 3 heteroatoms. The molecule has 0 amide bonds. The molecular formula is C10H20O3. The molecule has 2 N–H and O–H groups in total. The second-order valence-electron chi connectivity index (χ2n) is 4.09. The molecule has 0 aromatic carbocycles. The van der Waals surface area contributed by atoms with Crippen molar-refractivity contribution in [3.63, 3.8) is 0 Å². The molecule has 0 aromatic rings. The minimum Gasteiger partial charge on any atom is -0.481 e. The molecule has 0 bridgehead atoms. The summed E-state index contributed by atoms with van der Waals surface area (Å²) in [4.78, 5) is 10.3. The summed E-state index contributed by atoms with van der Waals surface area (Å²) < 4.78 is 0. The number of aliphatic hydroxyl groups is 1. The molecular weight excluding hydrogens is 168 g/mol. The quantitative estimate of drug-likeness (QED) is 0.669. The van der Waals surface area contributed by atoms with E-state index in [2.05, 4.69) is 0 Å². The van der Waals surface area contributed by atoms with Crippen molar-refractivity contribution in [3.05, 3.63) is 0 Å². The Labute approximate surface area is 79.8 Å². The number of aliphatic hydroxyl groups excluding tert-OH is 1. The molecule has 0 rings (SSSR count). The number of carbonyl (C=O) groups is 1. The van der Waals surface area contributed by atoms with Gasteiger partial charge >= 0.3 is 5.97 Å². The van der Waals surface area contributed by atoms with E-state index in [0.717, 1.165) is 6.42 Å². The lowest BCUT2D eigenvalue weighted by Crippen LogP contribution is -2.16. The highest BCUT2D eigenvalue weighted by atomic mass is 16.4. The van der Waals surface area contributed by atoms with Crippen molar-refractivity contribution in [2.75, 3.05) is 0 Å². The van der Waals surface area contributed by atoms with Crippen molar-refractivity contribution in [1.82, 2.24) is 0 Å². The fourth-order valence-electron chi connectivity index (χ4n) is 1.19. The van der Waals surface area contributed by atoms with Crippen LogP contribution in [0.3, 0.4) is 0 Å². The van der Waals surface area contributed by atoms with E-state index in [4.69, 9.17) is 5.11 Å². The zero-order valence-corrected chi connectivity index (χ0v) is 8.66. The van der Waals surface area contributed by atoms with Crippen molar-refractivity contribution in [1.29, 1.82) is 0 Å². The molecule has 0 fully saturated rings. The average molecular weight is 188 g/mol. The zero-order valence-electron chi connectivity index (χ0n) is 8.66. The van der Waals surface area contributed by atoms with Gasteiger partial charge in [-0.3, -0.25) is 4.79 Å². The van der Waals surface area contributed by atoms with Crippen LogP contribution in [0.2, 0.25) is 0 Å². The van der Waals surface area contributed by atoms with Crippen LogP contribution in [0.25, 0.3) is 0 Å². The van der Waals surface area contributed by atoms with E-state index >= 15 is 0 Å². The summed E-state index contributed by atoms with van der Waals surface area (Å²) in [7, 11) is 0. The Kier molecular flexibility index (Phi) is 5.71. The van der Waals surface area contributed by atoms with Crippen LogP contribution < -0.4 is 0 Å². The normalized spacial score (nSPS) is 15.8. The van der Waals surface area contributed by atoms with Crippen LogP contribution >= 0.6 is 0 Å². The van der Waals surface area contributed by atoms with Gasteiger partial charge in [-0.25, -0.2) is 0 Å². The number of rotatable bonds is 6. The topological polar surface area (TPSA) is 57.5 Å². The average Bonchev–Trinajstić information content (AvgIpc) is 1.98. The van der Waals surface area contributed by atoms with Crippen LogP contribution in [0.15, 0.2) is 0 Å². The minimum atomic E-state index is -0.758. The summed E-state index contributed by atoms with van der Waals surface area (Å²) in [6.45, 7) is 5.83. The number of hydrogen-bond donors (Lipinski definition) is 2. The van der Waals surface area contributed by atoms with Gasteiger partial charge in [0.2, 0.25) is 0 Å². The molecule has 0 spiro atoms. The first kappa shape index (κ1) is 12.4. The fourth-order valence-corrected chi connectivity index (χ4v) is 1.19. The number of carboxylic acids is 1. The molecule has 2 unspecified atom stereocenters. The van der Waals surface area contributed by atoms with Crippen LogP contribution in [-0.4, -0.2) is 22.3 Å². The van der Waals surface area contributed by atoms with E-state index in [1.165, 1.54) is 0 Å². The third kappa shape index (κ3) is 6.58. The summed E-state index contributed by atoms with van der Waals surface area (Å²) in [5, 5.41) is 18.0. The maximum absolute atomic E-state index is 10.3. The first-order valence-corrected chi connectivity index (χ1v) is 4.83. The minimum absolute atomic E-state index is 0.158. The van der Waals surface area contributed by atoms with Gasteiger partial charge in [-0.15, -0.1) is 0 Å². The van der Waals surface area contributed by atoms with Crippen molar-refractivity contribution in [2.24, 2.45) is 11.8 Å². The zero-order chi connectivity index (χ0) is 10.4. The van der Waals surface area contributed by atoms with E-state index in [9.17, 15) is 9.90 Å². The van der Waals surface area contributed by atoms with Crippen LogP contribution in [0.4, 0.5) is 0 Å². The van der Waals surface area contributed by atoms with E-state index in [1.807, 2.05) is 20.8 Å². The second kappa shape index (κ2) is 5.97. The number of aliphatic carboxylic acids is 1. The third-order valence-corrected chi connectivity index (χ3v) is 2.25. The molecule has 0 aliphatic heterocycles. The van der Waals surface area contributed by atoms with E-state index in [-0.39, 0.29) is 24.4 Å². The SMILES string of the molecule is CC(CCC(O)C(C)C)CC(=O)O. The predicted octanol–water partition coefficient (Wildman–Crippen LogP) is 1.89. The van der Waals surface area contributed by atoms with Crippen LogP contribution in [0.5, 0.6) is 0 Å². The molecule has 13 heavy (non-hydrogen) atoms. The lowest BCUT2D eigenvalue weighted by Gasteiger charge is -2.16. The Morgan fingerprint density at radius 2 is 1.77 bits per heavy atom. The number of hydrogen-bond acceptors (Lipinski definition) is 2. The van der Waals surface area contributed by atoms with Gasteiger partial charge in [-0.05, 0) is 24.7 Å². The molecule has 0 heterocycles. The fraction of sp³-hybridized carbons (Fsp3) is 0.900. The molecule has 78 valence electrons. The summed E-state index contributed by atoms with van der Waals surface area (Å²) in [6.07, 6.45) is 1.39. The standard InChI is InChI=1S/C10H20O3/c1-7(2)9(11)5-4-8(3)6-10(12)13/h7-9,11H,4-6H2,1-3H3,(H,12,13). The molecule has 0 aliphatic rings. The molecule has 3 nitrogen and oxygen atoms in total.